The highest BCUT2D eigenvalue weighted by molar-refractivity contribution is 9.10. The quantitative estimate of drug-likeness (QED) is 0.564. The molecule has 0 aromatic carbocycles. The Morgan fingerprint density at radius 3 is 2.58 bits per heavy atom. The first-order chi connectivity index (χ1) is 9.08. The van der Waals surface area contributed by atoms with Crippen LogP contribution in [0.15, 0.2) is 4.47 Å². The van der Waals surface area contributed by atoms with E-state index >= 15 is 0 Å². The molecule has 0 radical (unpaired) electrons. The molecule has 0 bridgehead atoms. The predicted molar refractivity (Wildman–Crippen MR) is 80.8 cm³/mol. The van der Waals surface area contributed by atoms with Crippen molar-refractivity contribution in [2.45, 2.75) is 51.7 Å². The third-order valence-corrected chi connectivity index (χ3v) is 4.37. The van der Waals surface area contributed by atoms with Crippen molar-refractivity contribution in [3.63, 3.8) is 0 Å². The lowest BCUT2D eigenvalue weighted by molar-refractivity contribution is 0.0603. The number of hydrogen-bond donors (Lipinski definition) is 2. The van der Waals surface area contributed by atoms with Gasteiger partial charge in [-0.15, -0.1) is 0 Å². The number of nitrogens with two attached hydrogens (primary N) is 1. The second-order valence-corrected chi connectivity index (χ2v) is 5.52. The molecule has 5 nitrogen and oxygen atoms in total. The summed E-state index contributed by atoms with van der Waals surface area (Å²) < 4.78 is 8.55. The van der Waals surface area contributed by atoms with Crippen LogP contribution in [0.2, 0.25) is 0 Å². The van der Waals surface area contributed by atoms with Gasteiger partial charge in [-0.25, -0.2) is 0 Å². The van der Waals surface area contributed by atoms with Crippen LogP contribution in [0.3, 0.4) is 0 Å². The van der Waals surface area contributed by atoms with Crippen molar-refractivity contribution in [1.29, 1.82) is 0 Å². The van der Waals surface area contributed by atoms with Crippen LogP contribution in [-0.4, -0.2) is 29.0 Å². The molecule has 6 heteroatoms. The molecule has 2 unspecified atom stereocenters. The second-order valence-electron chi connectivity index (χ2n) is 4.72. The number of ether oxygens (including phenoxy) is 1. The minimum absolute atomic E-state index is 0.0846. The highest BCUT2D eigenvalue weighted by atomic mass is 79.9. The number of halogens is 1. The molecular formula is C13H25BrN4O. The zero-order chi connectivity index (χ0) is 14.4. The Hall–Kier alpha value is -0.430. The van der Waals surface area contributed by atoms with E-state index in [0.29, 0.717) is 0 Å². The van der Waals surface area contributed by atoms with Crippen LogP contribution < -0.4 is 11.3 Å². The Balaban J connectivity index is 2.88. The highest BCUT2D eigenvalue weighted by Crippen LogP contribution is 2.24. The summed E-state index contributed by atoms with van der Waals surface area (Å²) in [6.07, 6.45) is 3.88. The summed E-state index contributed by atoms with van der Waals surface area (Å²) in [7, 11) is 3.70. The van der Waals surface area contributed by atoms with Crippen LogP contribution in [0.4, 0.5) is 0 Å². The van der Waals surface area contributed by atoms with Crippen LogP contribution in [0, 0.1) is 0 Å². The summed E-state index contributed by atoms with van der Waals surface area (Å²) in [4.78, 5) is 0. The van der Waals surface area contributed by atoms with E-state index in [4.69, 9.17) is 10.6 Å². The van der Waals surface area contributed by atoms with Gasteiger partial charge in [-0.05, 0) is 28.8 Å². The standard InChI is InChI=1S/C13H25BrN4O/c1-5-7-12(19-4)10(16-15)8-11-13(14)9(6-2)17-18(11)3/h10,12,16H,5-8,15H2,1-4H3. The molecular weight excluding hydrogens is 308 g/mol. The number of hydrazine groups is 1. The molecule has 1 aromatic heterocycles. The molecule has 3 N–H and O–H groups in total. The van der Waals surface area contributed by atoms with Crippen molar-refractivity contribution >= 4 is 15.9 Å². The maximum Gasteiger partial charge on any atom is 0.0766 e. The minimum atomic E-state index is 0.0846. The largest absolute Gasteiger partial charge is 0.380 e. The van der Waals surface area contributed by atoms with Gasteiger partial charge in [0.1, 0.15) is 0 Å². The molecule has 19 heavy (non-hydrogen) atoms. The molecule has 0 aliphatic rings. The lowest BCUT2D eigenvalue weighted by Crippen LogP contribution is -2.46. The predicted octanol–water partition coefficient (Wildman–Crippen LogP) is 1.93. The summed E-state index contributed by atoms with van der Waals surface area (Å²) >= 11 is 3.64. The first-order valence-corrected chi connectivity index (χ1v) is 7.57. The third kappa shape index (κ3) is 4.02. The van der Waals surface area contributed by atoms with Gasteiger partial charge in [-0.2, -0.15) is 5.10 Å². The third-order valence-electron chi connectivity index (χ3n) is 3.46. The first-order valence-electron chi connectivity index (χ1n) is 6.78. The Labute approximate surface area is 124 Å². The van der Waals surface area contributed by atoms with E-state index in [1.165, 1.54) is 0 Å². The Kier molecular flexibility index (Phi) is 6.99. The Bertz CT molecular complexity index is 394. The molecule has 2 atom stereocenters. The van der Waals surface area contributed by atoms with Crippen LogP contribution >= 0.6 is 15.9 Å². The lowest BCUT2D eigenvalue weighted by atomic mass is 10.0. The van der Waals surface area contributed by atoms with E-state index in [9.17, 15) is 0 Å². The molecule has 0 fully saturated rings. The molecule has 0 saturated carbocycles. The number of nitrogens with one attached hydrogen (secondary N) is 1. The van der Waals surface area contributed by atoms with Gasteiger partial charge in [-0.1, -0.05) is 20.3 Å². The van der Waals surface area contributed by atoms with Gasteiger partial charge in [0, 0.05) is 20.6 Å². The SMILES string of the molecule is CCCC(OC)C(Cc1c(Br)c(CC)nn1C)NN. The van der Waals surface area contributed by atoms with Gasteiger partial charge in [0.25, 0.3) is 0 Å². The summed E-state index contributed by atoms with van der Waals surface area (Å²) in [5.41, 5.74) is 5.11. The van der Waals surface area contributed by atoms with E-state index in [1.807, 2.05) is 11.7 Å². The minimum Gasteiger partial charge on any atom is -0.380 e. The topological polar surface area (TPSA) is 65.1 Å². The molecule has 110 valence electrons. The van der Waals surface area contributed by atoms with E-state index in [2.05, 4.69) is 40.3 Å². The van der Waals surface area contributed by atoms with Crippen molar-refractivity contribution in [3.8, 4) is 0 Å². The van der Waals surface area contributed by atoms with Crippen molar-refractivity contribution in [2.24, 2.45) is 12.9 Å². The fourth-order valence-corrected chi connectivity index (χ4v) is 3.09. The van der Waals surface area contributed by atoms with Crippen LogP contribution in [0.5, 0.6) is 0 Å². The van der Waals surface area contributed by atoms with Crippen molar-refractivity contribution < 1.29 is 4.74 Å². The number of rotatable bonds is 8. The fraction of sp³-hybridized carbons (Fsp3) is 0.769. The molecule has 1 aromatic rings. The van der Waals surface area contributed by atoms with Gasteiger partial charge < -0.3 is 4.74 Å². The van der Waals surface area contributed by atoms with Gasteiger partial charge in [0.2, 0.25) is 0 Å². The molecule has 0 spiro atoms. The zero-order valence-electron chi connectivity index (χ0n) is 12.2. The maximum absolute atomic E-state index is 5.69. The first kappa shape index (κ1) is 16.6. The molecule has 0 saturated heterocycles. The summed E-state index contributed by atoms with van der Waals surface area (Å²) in [5, 5.41) is 4.51. The van der Waals surface area contributed by atoms with Crippen molar-refractivity contribution in [3.05, 3.63) is 15.9 Å². The summed E-state index contributed by atoms with van der Waals surface area (Å²) in [6, 6.07) is 0.0846. The summed E-state index contributed by atoms with van der Waals surface area (Å²) in [5.74, 6) is 5.69. The molecule has 1 heterocycles. The van der Waals surface area contributed by atoms with Crippen LogP contribution in [-0.2, 0) is 24.6 Å². The smallest absolute Gasteiger partial charge is 0.0766 e. The van der Waals surface area contributed by atoms with E-state index in [1.54, 1.807) is 7.11 Å². The van der Waals surface area contributed by atoms with Gasteiger partial charge in [0.15, 0.2) is 0 Å². The monoisotopic (exact) mass is 332 g/mol. The number of hydrogen-bond acceptors (Lipinski definition) is 4. The zero-order valence-corrected chi connectivity index (χ0v) is 13.8. The van der Waals surface area contributed by atoms with E-state index in [-0.39, 0.29) is 12.1 Å². The molecule has 0 amide bonds. The van der Waals surface area contributed by atoms with Gasteiger partial charge >= 0.3 is 0 Å². The molecule has 0 aliphatic carbocycles. The Morgan fingerprint density at radius 2 is 2.16 bits per heavy atom. The number of aromatic nitrogens is 2. The highest BCUT2D eigenvalue weighted by Gasteiger charge is 2.23. The normalized spacial score (nSPS) is 14.6. The van der Waals surface area contributed by atoms with Crippen molar-refractivity contribution in [1.82, 2.24) is 15.2 Å². The van der Waals surface area contributed by atoms with Gasteiger partial charge in [0.05, 0.1) is 28.0 Å². The van der Waals surface area contributed by atoms with Gasteiger partial charge in [-0.3, -0.25) is 16.0 Å². The number of aryl methyl sites for hydroxylation is 2. The maximum atomic E-state index is 5.69. The second kappa shape index (κ2) is 7.99. The number of methoxy groups -OCH3 is 1. The van der Waals surface area contributed by atoms with Crippen LogP contribution in [0.25, 0.3) is 0 Å². The number of nitrogens with zero attached hydrogens (tertiary/aromatic N) is 2. The fourth-order valence-electron chi connectivity index (χ4n) is 2.32. The molecule has 1 rings (SSSR count). The average molecular weight is 333 g/mol. The van der Waals surface area contributed by atoms with E-state index < -0.39 is 0 Å². The summed E-state index contributed by atoms with van der Waals surface area (Å²) in [6.45, 7) is 4.25. The average Bonchev–Trinajstić information content (AvgIpc) is 2.69. The Morgan fingerprint density at radius 1 is 1.47 bits per heavy atom. The molecule has 0 aliphatic heterocycles. The van der Waals surface area contributed by atoms with Crippen LogP contribution in [0.1, 0.15) is 38.1 Å². The van der Waals surface area contributed by atoms with Crippen molar-refractivity contribution in [2.75, 3.05) is 7.11 Å². The van der Waals surface area contributed by atoms with E-state index in [0.717, 1.165) is 41.5 Å². The lowest BCUT2D eigenvalue weighted by Gasteiger charge is -2.25.